The van der Waals surface area contributed by atoms with E-state index in [1.165, 1.54) is 15.9 Å². The number of thiazole rings is 1. The smallest absolute Gasteiger partial charge is 0.291 e. The molecule has 0 saturated heterocycles. The SMILES string of the molecule is CCOc1ccc(-c2nn(-c3ccccc3)cc2C=c2sc3nc(-c4ccc(Cl)cc4)nn3c2=O)cc1. The van der Waals surface area contributed by atoms with Crippen molar-refractivity contribution in [2.24, 2.45) is 0 Å². The summed E-state index contributed by atoms with van der Waals surface area (Å²) >= 11 is 7.28. The van der Waals surface area contributed by atoms with Gasteiger partial charge in [-0.05, 0) is 73.7 Å². The van der Waals surface area contributed by atoms with Crippen LogP contribution in [0.2, 0.25) is 5.02 Å². The average molecular weight is 526 g/mol. The standard InChI is InChI=1S/C28H20ClN5O2S/c1-2-36-23-14-10-18(11-15-23)25-20(17-33(31-25)22-6-4-3-5-7-22)16-24-27(35)34-28(37-24)30-26(32-34)19-8-12-21(29)13-9-19/h3-17H,2H2,1H3. The Labute approximate surface area is 220 Å². The summed E-state index contributed by atoms with van der Waals surface area (Å²) in [5.41, 5.74) is 3.98. The van der Waals surface area contributed by atoms with Crippen molar-refractivity contribution in [2.45, 2.75) is 6.92 Å². The lowest BCUT2D eigenvalue weighted by Gasteiger charge is -2.04. The molecule has 0 amide bonds. The lowest BCUT2D eigenvalue weighted by Crippen LogP contribution is -2.23. The molecular formula is C28H20ClN5O2S. The number of ether oxygens (including phenoxy) is 1. The van der Waals surface area contributed by atoms with E-state index in [1.54, 1.807) is 12.1 Å². The van der Waals surface area contributed by atoms with Crippen LogP contribution in [-0.4, -0.2) is 31.0 Å². The molecule has 0 aliphatic heterocycles. The summed E-state index contributed by atoms with van der Waals surface area (Å²) in [5.74, 6) is 1.28. The molecule has 3 aromatic carbocycles. The number of nitrogens with zero attached hydrogens (tertiary/aromatic N) is 5. The summed E-state index contributed by atoms with van der Waals surface area (Å²) in [6.45, 7) is 2.55. The molecule has 182 valence electrons. The summed E-state index contributed by atoms with van der Waals surface area (Å²) < 4.78 is 9.28. The molecule has 0 fully saturated rings. The van der Waals surface area contributed by atoms with Gasteiger partial charge in [0, 0.05) is 27.9 Å². The molecule has 9 heteroatoms. The van der Waals surface area contributed by atoms with Gasteiger partial charge in [-0.1, -0.05) is 41.1 Å². The largest absolute Gasteiger partial charge is 0.494 e. The maximum Gasteiger partial charge on any atom is 0.291 e. The van der Waals surface area contributed by atoms with Gasteiger partial charge >= 0.3 is 0 Å². The van der Waals surface area contributed by atoms with Crippen LogP contribution in [0.3, 0.4) is 0 Å². The van der Waals surface area contributed by atoms with Gasteiger partial charge < -0.3 is 4.74 Å². The van der Waals surface area contributed by atoms with E-state index in [2.05, 4.69) is 10.1 Å². The van der Waals surface area contributed by atoms with Gasteiger partial charge in [-0.25, -0.2) is 4.68 Å². The minimum absolute atomic E-state index is 0.224. The molecule has 0 radical (unpaired) electrons. The van der Waals surface area contributed by atoms with Crippen LogP contribution in [0, 0.1) is 0 Å². The molecule has 0 spiro atoms. The normalized spacial score (nSPS) is 11.9. The zero-order valence-electron chi connectivity index (χ0n) is 19.7. The number of halogens is 1. The monoisotopic (exact) mass is 525 g/mol. The summed E-state index contributed by atoms with van der Waals surface area (Å²) in [7, 11) is 0. The molecule has 0 saturated carbocycles. The maximum atomic E-state index is 13.2. The molecule has 0 aliphatic carbocycles. The number of fused-ring (bicyclic) bond motifs is 1. The number of hydrogen-bond acceptors (Lipinski definition) is 6. The van der Waals surface area contributed by atoms with Gasteiger partial charge in [0.15, 0.2) is 5.82 Å². The van der Waals surface area contributed by atoms with E-state index in [0.717, 1.165) is 33.8 Å². The van der Waals surface area contributed by atoms with Gasteiger partial charge in [0.05, 0.1) is 16.8 Å². The lowest BCUT2D eigenvalue weighted by atomic mass is 10.1. The molecule has 0 atom stereocenters. The van der Waals surface area contributed by atoms with Gasteiger partial charge in [0.1, 0.15) is 11.4 Å². The van der Waals surface area contributed by atoms with E-state index in [4.69, 9.17) is 21.4 Å². The topological polar surface area (TPSA) is 74.3 Å². The zero-order chi connectivity index (χ0) is 25.4. The Hall–Kier alpha value is -4.27. The minimum Gasteiger partial charge on any atom is -0.494 e. The Kier molecular flexibility index (Phi) is 6.04. The third-order valence-corrected chi connectivity index (χ3v) is 6.98. The van der Waals surface area contributed by atoms with Crippen LogP contribution in [0.5, 0.6) is 5.75 Å². The Bertz CT molecular complexity index is 1810. The quantitative estimate of drug-likeness (QED) is 0.296. The van der Waals surface area contributed by atoms with Crippen molar-refractivity contribution in [1.29, 1.82) is 0 Å². The predicted octanol–water partition coefficient (Wildman–Crippen LogP) is 5.27. The summed E-state index contributed by atoms with van der Waals surface area (Å²) in [6.07, 6.45) is 3.78. The van der Waals surface area contributed by atoms with Crippen molar-refractivity contribution >= 4 is 34.0 Å². The van der Waals surface area contributed by atoms with E-state index in [-0.39, 0.29) is 5.56 Å². The predicted molar refractivity (Wildman–Crippen MR) is 147 cm³/mol. The van der Waals surface area contributed by atoms with E-state index in [9.17, 15) is 4.79 Å². The van der Waals surface area contributed by atoms with Crippen LogP contribution in [-0.2, 0) is 0 Å². The van der Waals surface area contributed by atoms with E-state index >= 15 is 0 Å². The van der Waals surface area contributed by atoms with Crippen LogP contribution in [0.15, 0.2) is 89.9 Å². The molecule has 6 aromatic rings. The maximum absolute atomic E-state index is 13.2. The highest BCUT2D eigenvalue weighted by molar-refractivity contribution is 7.15. The molecule has 6 rings (SSSR count). The van der Waals surface area contributed by atoms with Gasteiger partial charge in [0.25, 0.3) is 5.56 Å². The average Bonchev–Trinajstić information content (AvgIpc) is 3.61. The first-order chi connectivity index (χ1) is 18.1. The molecule has 3 heterocycles. The Morgan fingerprint density at radius 2 is 1.68 bits per heavy atom. The Morgan fingerprint density at radius 3 is 2.38 bits per heavy atom. The first-order valence-electron chi connectivity index (χ1n) is 11.6. The highest BCUT2D eigenvalue weighted by Crippen LogP contribution is 2.27. The van der Waals surface area contributed by atoms with Gasteiger partial charge in [-0.15, -0.1) is 5.10 Å². The summed E-state index contributed by atoms with van der Waals surface area (Å²) in [6, 6.07) is 24.9. The van der Waals surface area contributed by atoms with Crippen LogP contribution in [0.4, 0.5) is 0 Å². The lowest BCUT2D eigenvalue weighted by molar-refractivity contribution is 0.340. The first kappa shape index (κ1) is 23.1. The number of para-hydroxylation sites is 1. The zero-order valence-corrected chi connectivity index (χ0v) is 21.3. The summed E-state index contributed by atoms with van der Waals surface area (Å²) in [4.78, 5) is 18.3. The fraction of sp³-hybridized carbons (Fsp3) is 0.0714. The Balaban J connectivity index is 1.45. The van der Waals surface area contributed by atoms with E-state index < -0.39 is 0 Å². The third-order valence-electron chi connectivity index (χ3n) is 5.77. The van der Waals surface area contributed by atoms with E-state index in [1.807, 2.05) is 90.6 Å². The fourth-order valence-electron chi connectivity index (χ4n) is 4.00. The second kappa shape index (κ2) is 9.65. The van der Waals surface area contributed by atoms with Gasteiger partial charge in [-0.3, -0.25) is 4.79 Å². The highest BCUT2D eigenvalue weighted by atomic mass is 35.5. The van der Waals surface area contributed by atoms with Crippen LogP contribution in [0.1, 0.15) is 12.5 Å². The summed E-state index contributed by atoms with van der Waals surface area (Å²) in [5, 5.41) is 9.92. The van der Waals surface area contributed by atoms with Crippen molar-refractivity contribution in [2.75, 3.05) is 6.61 Å². The molecule has 37 heavy (non-hydrogen) atoms. The minimum atomic E-state index is -0.224. The molecule has 0 N–H and O–H groups in total. The van der Waals surface area contributed by atoms with Crippen LogP contribution >= 0.6 is 22.9 Å². The number of aromatic nitrogens is 5. The second-order valence-electron chi connectivity index (χ2n) is 8.22. The number of hydrogen-bond donors (Lipinski definition) is 0. The molecule has 7 nitrogen and oxygen atoms in total. The van der Waals surface area contributed by atoms with Gasteiger partial charge in [0.2, 0.25) is 4.96 Å². The van der Waals surface area contributed by atoms with Crippen molar-refractivity contribution < 1.29 is 4.74 Å². The molecule has 0 aliphatic rings. The highest BCUT2D eigenvalue weighted by Gasteiger charge is 2.15. The Morgan fingerprint density at radius 1 is 0.946 bits per heavy atom. The van der Waals surface area contributed by atoms with E-state index in [0.29, 0.717) is 26.9 Å². The van der Waals surface area contributed by atoms with Crippen molar-refractivity contribution in [3.8, 4) is 34.1 Å². The molecule has 0 bridgehead atoms. The van der Waals surface area contributed by atoms with Crippen molar-refractivity contribution in [1.82, 2.24) is 24.4 Å². The fourth-order valence-corrected chi connectivity index (χ4v) is 5.03. The number of rotatable bonds is 6. The number of benzene rings is 3. The van der Waals surface area contributed by atoms with Crippen molar-refractivity contribution in [3.63, 3.8) is 0 Å². The molecular weight excluding hydrogens is 506 g/mol. The van der Waals surface area contributed by atoms with Gasteiger partial charge in [-0.2, -0.15) is 14.6 Å². The first-order valence-corrected chi connectivity index (χ1v) is 12.8. The molecule has 3 aromatic heterocycles. The molecule has 0 unspecified atom stereocenters. The van der Waals surface area contributed by atoms with Crippen molar-refractivity contribution in [3.05, 3.63) is 111 Å². The third kappa shape index (κ3) is 4.52. The van der Waals surface area contributed by atoms with Crippen LogP contribution in [0.25, 0.3) is 39.4 Å². The second-order valence-corrected chi connectivity index (χ2v) is 9.67. The van der Waals surface area contributed by atoms with Crippen LogP contribution < -0.4 is 14.8 Å².